The van der Waals surface area contributed by atoms with Gasteiger partial charge in [-0.05, 0) is 42.3 Å². The van der Waals surface area contributed by atoms with Gasteiger partial charge in [0.25, 0.3) is 0 Å². The van der Waals surface area contributed by atoms with Gasteiger partial charge in [-0.3, -0.25) is 0 Å². The molecule has 0 saturated carbocycles. The van der Waals surface area contributed by atoms with Gasteiger partial charge in [0, 0.05) is 24.8 Å². The quantitative estimate of drug-likeness (QED) is 0.786. The van der Waals surface area contributed by atoms with E-state index in [2.05, 4.69) is 10.8 Å². The summed E-state index contributed by atoms with van der Waals surface area (Å²) >= 11 is 0. The van der Waals surface area contributed by atoms with Gasteiger partial charge < -0.3 is 14.4 Å². The summed E-state index contributed by atoms with van der Waals surface area (Å²) in [5, 5.41) is 9.14. The van der Waals surface area contributed by atoms with E-state index >= 15 is 0 Å². The Hall–Kier alpha value is -2.72. The Morgan fingerprint density at radius 2 is 2.04 bits per heavy atom. The minimum absolute atomic E-state index is 0.111. The average Bonchev–Trinajstić information content (AvgIpc) is 2.57. The number of nitriles is 1. The van der Waals surface area contributed by atoms with Gasteiger partial charge in [-0.1, -0.05) is 12.1 Å². The van der Waals surface area contributed by atoms with Crippen molar-refractivity contribution >= 4 is 5.69 Å². The number of ether oxygens (including phenoxy) is 2. The lowest BCUT2D eigenvalue weighted by Gasteiger charge is -2.31. The van der Waals surface area contributed by atoms with Gasteiger partial charge in [0.05, 0.1) is 24.3 Å². The van der Waals surface area contributed by atoms with Crippen molar-refractivity contribution in [2.75, 3.05) is 18.1 Å². The standard InChI is InChI=1S/C19H17F3N2O2/c1-13-18-6-5-14(11-23)9-15(18)12-24(7-8-25-13)16-3-2-4-17(10-16)26-19(20,21)22/h2-6,9-10,13H,7-8,12H2,1H3. The minimum atomic E-state index is -4.73. The molecule has 136 valence electrons. The number of hydrogen-bond donors (Lipinski definition) is 0. The molecule has 1 aliphatic rings. The molecule has 0 radical (unpaired) electrons. The molecule has 0 aromatic heterocycles. The van der Waals surface area contributed by atoms with E-state index in [1.807, 2.05) is 17.9 Å². The van der Waals surface area contributed by atoms with Crippen molar-refractivity contribution in [1.29, 1.82) is 5.26 Å². The number of anilines is 1. The molecule has 7 heteroatoms. The fourth-order valence-corrected chi connectivity index (χ4v) is 3.02. The van der Waals surface area contributed by atoms with Crippen LogP contribution >= 0.6 is 0 Å². The Morgan fingerprint density at radius 3 is 2.77 bits per heavy atom. The molecule has 4 nitrogen and oxygen atoms in total. The molecule has 0 spiro atoms. The Labute approximate surface area is 149 Å². The summed E-state index contributed by atoms with van der Waals surface area (Å²) in [4.78, 5) is 1.91. The van der Waals surface area contributed by atoms with E-state index in [4.69, 9.17) is 10.00 Å². The Morgan fingerprint density at radius 1 is 1.23 bits per heavy atom. The third kappa shape index (κ3) is 4.27. The number of rotatable bonds is 2. The monoisotopic (exact) mass is 362 g/mol. The second kappa shape index (κ2) is 7.26. The summed E-state index contributed by atoms with van der Waals surface area (Å²) < 4.78 is 47.2. The predicted molar refractivity (Wildman–Crippen MR) is 89.7 cm³/mol. The lowest BCUT2D eigenvalue weighted by Crippen LogP contribution is -2.30. The lowest BCUT2D eigenvalue weighted by molar-refractivity contribution is -0.274. The van der Waals surface area contributed by atoms with Crippen LogP contribution in [0.2, 0.25) is 0 Å². The molecule has 0 saturated heterocycles. The van der Waals surface area contributed by atoms with Gasteiger partial charge in [0.2, 0.25) is 0 Å². The SMILES string of the molecule is CC1OCCN(c2cccc(OC(F)(F)F)c2)Cc2cc(C#N)ccc21. The largest absolute Gasteiger partial charge is 0.573 e. The van der Waals surface area contributed by atoms with E-state index in [9.17, 15) is 13.2 Å². The van der Waals surface area contributed by atoms with E-state index in [0.29, 0.717) is 30.9 Å². The maximum Gasteiger partial charge on any atom is 0.573 e. The fraction of sp³-hybridized carbons (Fsp3) is 0.316. The van der Waals surface area contributed by atoms with Crippen molar-refractivity contribution in [3.05, 3.63) is 59.2 Å². The summed E-state index contributed by atoms with van der Waals surface area (Å²) in [6.45, 7) is 3.35. The normalized spacial score (nSPS) is 17.7. The van der Waals surface area contributed by atoms with Crippen LogP contribution in [0.15, 0.2) is 42.5 Å². The Bertz CT molecular complexity index is 830. The second-order valence-electron chi connectivity index (χ2n) is 6.01. The van der Waals surface area contributed by atoms with Crippen molar-refractivity contribution in [2.45, 2.75) is 25.9 Å². The maximum absolute atomic E-state index is 12.5. The van der Waals surface area contributed by atoms with Gasteiger partial charge in [0.15, 0.2) is 0 Å². The highest BCUT2D eigenvalue weighted by molar-refractivity contribution is 5.52. The van der Waals surface area contributed by atoms with Crippen LogP contribution in [-0.2, 0) is 11.3 Å². The molecule has 1 unspecified atom stereocenters. The molecule has 1 atom stereocenters. The number of nitrogens with zero attached hydrogens (tertiary/aromatic N) is 2. The van der Waals surface area contributed by atoms with Crippen LogP contribution in [0.1, 0.15) is 29.7 Å². The van der Waals surface area contributed by atoms with Crippen LogP contribution in [0.25, 0.3) is 0 Å². The molecule has 0 N–H and O–H groups in total. The summed E-state index contributed by atoms with van der Waals surface area (Å²) in [5.41, 5.74) is 3.01. The van der Waals surface area contributed by atoms with Gasteiger partial charge in [-0.25, -0.2) is 0 Å². The summed E-state index contributed by atoms with van der Waals surface area (Å²) in [6, 6.07) is 13.4. The smallest absolute Gasteiger partial charge is 0.406 e. The van der Waals surface area contributed by atoms with E-state index in [-0.39, 0.29) is 11.9 Å². The highest BCUT2D eigenvalue weighted by atomic mass is 19.4. The first-order valence-corrected chi connectivity index (χ1v) is 8.11. The molecule has 26 heavy (non-hydrogen) atoms. The molecular formula is C19H17F3N2O2. The zero-order valence-electron chi connectivity index (χ0n) is 14.1. The number of alkyl halides is 3. The van der Waals surface area contributed by atoms with Gasteiger partial charge in [0.1, 0.15) is 5.75 Å². The molecule has 3 rings (SSSR count). The van der Waals surface area contributed by atoms with Crippen molar-refractivity contribution in [3.63, 3.8) is 0 Å². The van der Waals surface area contributed by atoms with Gasteiger partial charge in [-0.15, -0.1) is 13.2 Å². The van der Waals surface area contributed by atoms with Crippen molar-refractivity contribution in [2.24, 2.45) is 0 Å². The van der Waals surface area contributed by atoms with Crippen molar-refractivity contribution < 1.29 is 22.6 Å². The maximum atomic E-state index is 12.5. The first-order chi connectivity index (χ1) is 12.4. The van der Waals surface area contributed by atoms with Crippen LogP contribution in [0, 0.1) is 11.3 Å². The zero-order valence-corrected chi connectivity index (χ0v) is 14.1. The van der Waals surface area contributed by atoms with E-state index in [1.165, 1.54) is 18.2 Å². The highest BCUT2D eigenvalue weighted by Gasteiger charge is 2.31. The van der Waals surface area contributed by atoms with E-state index in [0.717, 1.165) is 11.1 Å². The molecule has 2 aromatic rings. The second-order valence-corrected chi connectivity index (χ2v) is 6.01. The Kier molecular flexibility index (Phi) is 5.05. The number of hydrogen-bond acceptors (Lipinski definition) is 4. The first-order valence-electron chi connectivity index (χ1n) is 8.11. The molecular weight excluding hydrogens is 345 g/mol. The zero-order chi connectivity index (χ0) is 18.7. The highest BCUT2D eigenvalue weighted by Crippen LogP contribution is 2.31. The first kappa shape index (κ1) is 18.1. The molecule has 0 fully saturated rings. The van der Waals surface area contributed by atoms with Crippen molar-refractivity contribution in [1.82, 2.24) is 0 Å². The predicted octanol–water partition coefficient (Wildman–Crippen LogP) is 4.55. The number of halogens is 3. The number of benzene rings is 2. The van der Waals surface area contributed by atoms with E-state index in [1.54, 1.807) is 18.2 Å². The van der Waals surface area contributed by atoms with Crippen LogP contribution in [0.5, 0.6) is 5.75 Å². The molecule has 0 amide bonds. The number of fused-ring (bicyclic) bond motifs is 1. The van der Waals surface area contributed by atoms with Gasteiger partial charge >= 0.3 is 6.36 Å². The van der Waals surface area contributed by atoms with Gasteiger partial charge in [-0.2, -0.15) is 5.26 Å². The Balaban J connectivity index is 1.92. The topological polar surface area (TPSA) is 45.5 Å². The third-order valence-corrected chi connectivity index (χ3v) is 4.22. The minimum Gasteiger partial charge on any atom is -0.406 e. The molecule has 0 bridgehead atoms. The van der Waals surface area contributed by atoms with Crippen LogP contribution in [0.3, 0.4) is 0 Å². The van der Waals surface area contributed by atoms with Crippen LogP contribution < -0.4 is 9.64 Å². The third-order valence-electron chi connectivity index (χ3n) is 4.22. The fourth-order valence-electron chi connectivity index (χ4n) is 3.02. The molecule has 1 aliphatic heterocycles. The average molecular weight is 362 g/mol. The molecule has 1 heterocycles. The summed E-state index contributed by atoms with van der Waals surface area (Å²) in [5.74, 6) is -0.266. The van der Waals surface area contributed by atoms with E-state index < -0.39 is 6.36 Å². The molecule has 2 aromatic carbocycles. The summed E-state index contributed by atoms with van der Waals surface area (Å²) in [7, 11) is 0. The lowest BCUT2D eigenvalue weighted by atomic mass is 9.99. The summed E-state index contributed by atoms with van der Waals surface area (Å²) in [6.07, 6.45) is -4.85. The van der Waals surface area contributed by atoms with Crippen LogP contribution in [0.4, 0.5) is 18.9 Å². The van der Waals surface area contributed by atoms with Crippen LogP contribution in [-0.4, -0.2) is 19.5 Å². The molecule has 0 aliphatic carbocycles. The van der Waals surface area contributed by atoms with Crippen molar-refractivity contribution in [3.8, 4) is 11.8 Å².